The van der Waals surface area contributed by atoms with Crippen LogP contribution in [0.25, 0.3) is 0 Å². The van der Waals surface area contributed by atoms with Crippen LogP contribution >= 0.6 is 0 Å². The van der Waals surface area contributed by atoms with Crippen LogP contribution in [0.4, 0.5) is 0 Å². The number of nitrogens with zero attached hydrogens (tertiary/aromatic N) is 1. The fourth-order valence-electron chi connectivity index (χ4n) is 2.24. The summed E-state index contributed by atoms with van der Waals surface area (Å²) in [4.78, 5) is 2.60. The molecule has 2 heteroatoms. The van der Waals surface area contributed by atoms with Gasteiger partial charge in [-0.15, -0.1) is 0 Å². The molecule has 1 N–H and O–H groups in total. The Morgan fingerprint density at radius 1 is 1.19 bits per heavy atom. The Labute approximate surface area is 103 Å². The van der Waals surface area contributed by atoms with Gasteiger partial charge in [0.1, 0.15) is 0 Å². The molecule has 1 heterocycles. The minimum absolute atomic E-state index is 0.740. The van der Waals surface area contributed by atoms with Crippen molar-refractivity contribution in [3.8, 4) is 0 Å². The van der Waals surface area contributed by atoms with Crippen LogP contribution in [0.15, 0.2) is 0 Å². The molecule has 16 heavy (non-hydrogen) atoms. The average Bonchev–Trinajstić information content (AvgIpc) is 2.33. The van der Waals surface area contributed by atoms with Crippen molar-refractivity contribution in [3.63, 3.8) is 0 Å². The summed E-state index contributed by atoms with van der Waals surface area (Å²) in [6.07, 6.45) is 4.19. The Morgan fingerprint density at radius 3 is 2.19 bits per heavy atom. The molecule has 0 bridgehead atoms. The maximum atomic E-state index is 3.42. The molecule has 0 spiro atoms. The van der Waals surface area contributed by atoms with Gasteiger partial charge in [0.2, 0.25) is 0 Å². The minimum atomic E-state index is 0.740. The molecule has 0 aromatic heterocycles. The topological polar surface area (TPSA) is 15.3 Å². The van der Waals surface area contributed by atoms with Crippen LogP contribution in [0.1, 0.15) is 53.9 Å². The molecule has 0 aliphatic carbocycles. The molecule has 1 aliphatic rings. The normalized spacial score (nSPS) is 18.4. The van der Waals surface area contributed by atoms with E-state index in [4.69, 9.17) is 0 Å². The van der Waals surface area contributed by atoms with Crippen molar-refractivity contribution < 1.29 is 0 Å². The predicted octanol–water partition coefficient (Wildman–Crippen LogP) is 3.13. The maximum Gasteiger partial charge on any atom is 0.00385 e. The second-order valence-corrected chi connectivity index (χ2v) is 4.72. The summed E-state index contributed by atoms with van der Waals surface area (Å²) in [7, 11) is 0. The highest BCUT2D eigenvalue weighted by molar-refractivity contribution is 4.74. The summed E-state index contributed by atoms with van der Waals surface area (Å²) in [6, 6.07) is 0.740. The lowest BCUT2D eigenvalue weighted by atomic mass is 9.93. The molecule has 1 fully saturated rings. The second-order valence-electron chi connectivity index (χ2n) is 4.72. The first kappa shape index (κ1) is 15.9. The molecule has 0 aromatic carbocycles. The second kappa shape index (κ2) is 10.1. The number of hydrogen-bond acceptors (Lipinski definition) is 2. The van der Waals surface area contributed by atoms with Crippen molar-refractivity contribution in [1.29, 1.82) is 0 Å². The Bertz CT molecular complexity index is 138. The van der Waals surface area contributed by atoms with Crippen LogP contribution in [-0.4, -0.2) is 37.1 Å². The van der Waals surface area contributed by atoms with Crippen molar-refractivity contribution in [2.45, 2.75) is 59.9 Å². The Balaban J connectivity index is 0.00000106. The van der Waals surface area contributed by atoms with E-state index in [-0.39, 0.29) is 0 Å². The van der Waals surface area contributed by atoms with Crippen molar-refractivity contribution in [2.24, 2.45) is 5.92 Å². The Morgan fingerprint density at radius 2 is 1.75 bits per heavy atom. The highest BCUT2D eigenvalue weighted by Crippen LogP contribution is 2.21. The van der Waals surface area contributed by atoms with Gasteiger partial charge in [0.25, 0.3) is 0 Å². The highest BCUT2D eigenvalue weighted by atomic mass is 15.1. The molecule has 0 unspecified atom stereocenters. The highest BCUT2D eigenvalue weighted by Gasteiger charge is 2.19. The van der Waals surface area contributed by atoms with E-state index in [9.17, 15) is 0 Å². The van der Waals surface area contributed by atoms with Gasteiger partial charge in [-0.1, -0.05) is 20.8 Å². The van der Waals surface area contributed by atoms with Crippen molar-refractivity contribution >= 4 is 0 Å². The standard InChI is InChI=1S/C12H26N2.C2H6/c1-4-13-8-5-12-6-9-14(10-7-12)11(2)3;1-2/h11-13H,4-10H2,1-3H3;1-2H3. The quantitative estimate of drug-likeness (QED) is 0.727. The van der Waals surface area contributed by atoms with Gasteiger partial charge in [-0.05, 0) is 65.2 Å². The SMILES string of the molecule is CC.CCNCCC1CCN(C(C)C)CC1. The third kappa shape index (κ3) is 6.49. The number of piperidine rings is 1. The number of nitrogens with one attached hydrogen (secondary N) is 1. The zero-order valence-electron chi connectivity index (χ0n) is 12.1. The van der Waals surface area contributed by atoms with Gasteiger partial charge < -0.3 is 10.2 Å². The molecule has 1 rings (SSSR count). The number of rotatable bonds is 5. The van der Waals surface area contributed by atoms with Gasteiger partial charge in [-0.2, -0.15) is 0 Å². The number of likely N-dealkylation sites (tertiary alicyclic amines) is 1. The van der Waals surface area contributed by atoms with Crippen LogP contribution in [0.5, 0.6) is 0 Å². The summed E-state index contributed by atoms with van der Waals surface area (Å²) in [5.41, 5.74) is 0. The van der Waals surface area contributed by atoms with Crippen LogP contribution in [0, 0.1) is 5.92 Å². The molecule has 0 atom stereocenters. The monoisotopic (exact) mass is 228 g/mol. The summed E-state index contributed by atoms with van der Waals surface area (Å²) in [5.74, 6) is 0.976. The van der Waals surface area contributed by atoms with Gasteiger partial charge in [0, 0.05) is 6.04 Å². The average molecular weight is 228 g/mol. The van der Waals surface area contributed by atoms with Crippen LogP contribution in [0.3, 0.4) is 0 Å². The molecule has 0 aromatic rings. The van der Waals surface area contributed by atoms with Crippen LogP contribution in [-0.2, 0) is 0 Å². The lowest BCUT2D eigenvalue weighted by Gasteiger charge is -2.34. The molecular formula is C14H32N2. The summed E-state index contributed by atoms with van der Waals surface area (Å²) in [6.45, 7) is 15.7. The molecular weight excluding hydrogens is 196 g/mol. The third-order valence-corrected chi connectivity index (χ3v) is 3.36. The van der Waals surface area contributed by atoms with Crippen LogP contribution in [0.2, 0.25) is 0 Å². The fourth-order valence-corrected chi connectivity index (χ4v) is 2.24. The maximum absolute atomic E-state index is 3.42. The van der Waals surface area contributed by atoms with E-state index in [2.05, 4.69) is 31.0 Å². The molecule has 2 nitrogen and oxygen atoms in total. The lowest BCUT2D eigenvalue weighted by Crippen LogP contribution is -2.39. The van der Waals surface area contributed by atoms with E-state index in [0.717, 1.165) is 18.5 Å². The van der Waals surface area contributed by atoms with Crippen molar-refractivity contribution in [3.05, 3.63) is 0 Å². The zero-order chi connectivity index (χ0) is 12.4. The van der Waals surface area contributed by atoms with Crippen LogP contribution < -0.4 is 5.32 Å². The summed E-state index contributed by atoms with van der Waals surface area (Å²) >= 11 is 0. The summed E-state index contributed by atoms with van der Waals surface area (Å²) < 4.78 is 0. The van der Waals surface area contributed by atoms with Gasteiger partial charge in [-0.3, -0.25) is 0 Å². The van der Waals surface area contributed by atoms with E-state index in [1.807, 2.05) is 13.8 Å². The van der Waals surface area contributed by atoms with Gasteiger partial charge in [0.05, 0.1) is 0 Å². The zero-order valence-corrected chi connectivity index (χ0v) is 12.1. The molecule has 0 amide bonds. The van der Waals surface area contributed by atoms with Crippen molar-refractivity contribution in [2.75, 3.05) is 26.2 Å². The molecule has 1 aliphatic heterocycles. The first-order valence-corrected chi connectivity index (χ1v) is 7.18. The van der Waals surface area contributed by atoms with E-state index < -0.39 is 0 Å². The Kier molecular flexibility index (Phi) is 10.0. The first-order chi connectivity index (χ1) is 7.74. The van der Waals surface area contributed by atoms with E-state index >= 15 is 0 Å². The summed E-state index contributed by atoms with van der Waals surface area (Å²) in [5, 5.41) is 3.42. The van der Waals surface area contributed by atoms with E-state index in [0.29, 0.717) is 0 Å². The third-order valence-electron chi connectivity index (χ3n) is 3.36. The van der Waals surface area contributed by atoms with Gasteiger partial charge in [-0.25, -0.2) is 0 Å². The first-order valence-electron chi connectivity index (χ1n) is 7.18. The van der Waals surface area contributed by atoms with E-state index in [1.54, 1.807) is 0 Å². The predicted molar refractivity (Wildman–Crippen MR) is 73.9 cm³/mol. The minimum Gasteiger partial charge on any atom is -0.317 e. The molecule has 0 saturated carbocycles. The molecule has 98 valence electrons. The van der Waals surface area contributed by atoms with Gasteiger partial charge in [0.15, 0.2) is 0 Å². The molecule has 0 radical (unpaired) electrons. The smallest absolute Gasteiger partial charge is 0.00385 e. The number of hydrogen-bond donors (Lipinski definition) is 1. The largest absolute Gasteiger partial charge is 0.317 e. The van der Waals surface area contributed by atoms with E-state index in [1.165, 1.54) is 38.9 Å². The van der Waals surface area contributed by atoms with Gasteiger partial charge >= 0.3 is 0 Å². The fraction of sp³-hybridized carbons (Fsp3) is 1.00. The Hall–Kier alpha value is -0.0800. The van der Waals surface area contributed by atoms with Crippen molar-refractivity contribution in [1.82, 2.24) is 10.2 Å². The molecule has 1 saturated heterocycles. The lowest BCUT2D eigenvalue weighted by molar-refractivity contribution is 0.145.